The molecule has 0 fully saturated rings. The van der Waals surface area contributed by atoms with Crippen LogP contribution in [0.1, 0.15) is 18.9 Å². The molecule has 0 aliphatic rings. The first-order valence-corrected chi connectivity index (χ1v) is 5.43. The summed E-state index contributed by atoms with van der Waals surface area (Å²) in [6.07, 6.45) is 0.858. The Balaban J connectivity index is 2.42. The number of benzene rings is 2. The van der Waals surface area contributed by atoms with E-state index in [0.29, 0.717) is 12.8 Å². The van der Waals surface area contributed by atoms with Crippen LogP contribution in [0, 0.1) is 0 Å². The highest BCUT2D eigenvalue weighted by atomic mass is 16.3. The average molecular weight is 199 g/mol. The molecular weight excluding hydrogens is 184 g/mol. The second-order valence-electron chi connectivity index (χ2n) is 3.87. The van der Waals surface area contributed by atoms with Gasteiger partial charge in [0.15, 0.2) is 0 Å². The van der Waals surface area contributed by atoms with Crippen LogP contribution in [0.4, 0.5) is 0 Å². The van der Waals surface area contributed by atoms with Gasteiger partial charge >= 0.3 is 0 Å². The van der Waals surface area contributed by atoms with E-state index in [1.807, 2.05) is 25.1 Å². The number of rotatable bonds is 3. The average Bonchev–Trinajstić information content (AvgIpc) is 2.29. The maximum atomic E-state index is 11.5. The van der Waals surface area contributed by atoms with Crippen LogP contribution in [0.2, 0.25) is 0 Å². The van der Waals surface area contributed by atoms with E-state index in [1.165, 1.54) is 16.3 Å². The van der Waals surface area contributed by atoms with Gasteiger partial charge in [-0.05, 0) is 22.8 Å². The van der Waals surface area contributed by atoms with Crippen LogP contribution in [-0.2, 0) is 11.5 Å². The number of fused-ring (bicyclic) bond motifs is 1. The monoisotopic (exact) mass is 199 g/mol. The van der Waals surface area contributed by atoms with Crippen LogP contribution in [0.25, 0.3) is 10.8 Å². The Morgan fingerprint density at radius 2 is 1.80 bits per heavy atom. The van der Waals surface area contributed by atoms with E-state index >= 15 is 0 Å². The van der Waals surface area contributed by atoms with Gasteiger partial charge in [0.25, 0.3) is 0 Å². The number of hydrogen-bond donors (Lipinski definition) is 0. The van der Waals surface area contributed by atoms with Crippen molar-refractivity contribution in [1.82, 2.24) is 0 Å². The molecule has 2 rings (SSSR count). The third kappa shape index (κ3) is 2.18. The Bertz CT molecular complexity index is 443. The van der Waals surface area contributed by atoms with Crippen molar-refractivity contribution in [2.75, 3.05) is 0 Å². The van der Waals surface area contributed by atoms with Crippen LogP contribution in [0.5, 0.6) is 0 Å². The van der Waals surface area contributed by atoms with Crippen LogP contribution in [0.3, 0.4) is 0 Å². The molecule has 1 atom stereocenters. The predicted molar refractivity (Wildman–Crippen MR) is 62.4 cm³/mol. The van der Waals surface area contributed by atoms with Crippen molar-refractivity contribution in [3.05, 3.63) is 48.0 Å². The van der Waals surface area contributed by atoms with Crippen molar-refractivity contribution in [3.8, 4) is 0 Å². The second-order valence-corrected chi connectivity index (χ2v) is 3.87. The topological polar surface area (TPSA) is 19.9 Å². The highest BCUT2D eigenvalue weighted by Crippen LogP contribution is 2.20. The van der Waals surface area contributed by atoms with Crippen molar-refractivity contribution in [1.29, 1.82) is 0 Å². The largest absolute Gasteiger partial charge is 0.233 e. The van der Waals surface area contributed by atoms with E-state index in [9.17, 15) is 5.11 Å². The Hall–Kier alpha value is -1.34. The molecule has 2 aromatic carbocycles. The first-order valence-electron chi connectivity index (χ1n) is 5.43. The van der Waals surface area contributed by atoms with Gasteiger partial charge < -0.3 is 0 Å². The lowest BCUT2D eigenvalue weighted by atomic mass is 9.99. The molecule has 77 valence electrons. The van der Waals surface area contributed by atoms with Crippen LogP contribution in [0.15, 0.2) is 42.5 Å². The molecule has 0 saturated carbocycles. The molecule has 2 aromatic rings. The third-order valence-electron chi connectivity index (χ3n) is 2.78. The van der Waals surface area contributed by atoms with Gasteiger partial charge in [-0.25, -0.2) is 5.11 Å². The Morgan fingerprint density at radius 3 is 2.60 bits per heavy atom. The summed E-state index contributed by atoms with van der Waals surface area (Å²) in [5.74, 6) is 0. The lowest BCUT2D eigenvalue weighted by molar-refractivity contribution is 0.0862. The standard InChI is InChI=1S/C14H15O/c1-2-13(15)10-12-8-5-7-11-6-3-4-9-14(11)12/h3-9,13H,2,10H2,1H3. The van der Waals surface area contributed by atoms with E-state index in [4.69, 9.17) is 0 Å². The summed E-state index contributed by atoms with van der Waals surface area (Å²) in [6, 6.07) is 14.4. The zero-order valence-corrected chi connectivity index (χ0v) is 8.94. The zero-order valence-electron chi connectivity index (χ0n) is 8.94. The molecule has 0 amide bonds. The molecule has 0 aliphatic heterocycles. The lowest BCUT2D eigenvalue weighted by Gasteiger charge is -2.08. The van der Waals surface area contributed by atoms with Crippen molar-refractivity contribution in [3.63, 3.8) is 0 Å². The first-order chi connectivity index (χ1) is 7.31. The summed E-state index contributed by atoms with van der Waals surface area (Å²) >= 11 is 0. The molecule has 0 bridgehead atoms. The number of hydrogen-bond acceptors (Lipinski definition) is 0. The van der Waals surface area contributed by atoms with Gasteiger partial charge in [-0.2, -0.15) is 0 Å². The Kier molecular flexibility index (Phi) is 3.02. The fourth-order valence-electron chi connectivity index (χ4n) is 1.86. The zero-order chi connectivity index (χ0) is 10.7. The maximum absolute atomic E-state index is 11.5. The van der Waals surface area contributed by atoms with Crippen molar-refractivity contribution < 1.29 is 5.11 Å². The minimum absolute atomic E-state index is 0.476. The molecule has 0 N–H and O–H groups in total. The molecule has 0 spiro atoms. The van der Waals surface area contributed by atoms with Gasteiger partial charge in [-0.1, -0.05) is 49.4 Å². The van der Waals surface area contributed by atoms with Gasteiger partial charge in [0.1, 0.15) is 0 Å². The van der Waals surface area contributed by atoms with Crippen molar-refractivity contribution >= 4 is 10.8 Å². The van der Waals surface area contributed by atoms with Crippen LogP contribution >= 0.6 is 0 Å². The predicted octanol–water partition coefficient (Wildman–Crippen LogP) is 3.59. The van der Waals surface area contributed by atoms with Gasteiger partial charge in [-0.3, -0.25) is 0 Å². The molecule has 0 heterocycles. The molecule has 0 aromatic heterocycles. The quantitative estimate of drug-likeness (QED) is 0.720. The van der Waals surface area contributed by atoms with Gasteiger partial charge in [0.2, 0.25) is 0 Å². The van der Waals surface area contributed by atoms with E-state index in [1.54, 1.807) is 0 Å². The fourth-order valence-corrected chi connectivity index (χ4v) is 1.86. The molecule has 1 radical (unpaired) electrons. The van der Waals surface area contributed by atoms with Gasteiger partial charge in [0.05, 0.1) is 6.10 Å². The molecule has 1 nitrogen and oxygen atoms in total. The van der Waals surface area contributed by atoms with E-state index < -0.39 is 6.10 Å². The molecular formula is C14H15O. The van der Waals surface area contributed by atoms with Gasteiger partial charge in [-0.15, -0.1) is 0 Å². The Morgan fingerprint density at radius 1 is 1.07 bits per heavy atom. The maximum Gasteiger partial charge on any atom is 0.0967 e. The minimum atomic E-state index is -0.476. The normalized spacial score (nSPS) is 12.9. The van der Waals surface area contributed by atoms with Gasteiger partial charge in [0, 0.05) is 6.42 Å². The van der Waals surface area contributed by atoms with E-state index in [-0.39, 0.29) is 0 Å². The summed E-state index contributed by atoms with van der Waals surface area (Å²) in [7, 11) is 0. The molecule has 1 heteroatoms. The molecule has 15 heavy (non-hydrogen) atoms. The summed E-state index contributed by atoms with van der Waals surface area (Å²) in [6.45, 7) is 1.95. The SMILES string of the molecule is CCC([O])Cc1cccc2ccccc12. The molecule has 1 unspecified atom stereocenters. The smallest absolute Gasteiger partial charge is 0.0967 e. The third-order valence-corrected chi connectivity index (χ3v) is 2.78. The summed E-state index contributed by atoms with van der Waals surface area (Å²) in [5, 5.41) is 13.9. The molecule has 0 aliphatic carbocycles. The van der Waals surface area contributed by atoms with Crippen LogP contribution < -0.4 is 0 Å². The Labute approximate surface area is 90.4 Å². The molecule has 0 saturated heterocycles. The summed E-state index contributed by atoms with van der Waals surface area (Å²) < 4.78 is 0. The van der Waals surface area contributed by atoms with E-state index in [2.05, 4.69) is 24.3 Å². The lowest BCUT2D eigenvalue weighted by Crippen LogP contribution is -2.06. The van der Waals surface area contributed by atoms with Crippen molar-refractivity contribution in [2.45, 2.75) is 25.9 Å². The highest BCUT2D eigenvalue weighted by molar-refractivity contribution is 5.85. The minimum Gasteiger partial charge on any atom is -0.233 e. The van der Waals surface area contributed by atoms with E-state index in [0.717, 1.165) is 0 Å². The van der Waals surface area contributed by atoms with Crippen LogP contribution in [-0.4, -0.2) is 6.10 Å². The van der Waals surface area contributed by atoms with Crippen molar-refractivity contribution in [2.24, 2.45) is 0 Å². The highest BCUT2D eigenvalue weighted by Gasteiger charge is 2.06. The first kappa shape index (κ1) is 10.2. The summed E-state index contributed by atoms with van der Waals surface area (Å²) in [4.78, 5) is 0. The fraction of sp³-hybridized carbons (Fsp3) is 0.286. The summed E-state index contributed by atoms with van der Waals surface area (Å²) in [5.41, 5.74) is 1.18. The second kappa shape index (κ2) is 4.45.